The number of rotatable bonds is 0. The van der Waals surface area contributed by atoms with Gasteiger partial charge in [-0.05, 0) is 60.8 Å². The summed E-state index contributed by atoms with van der Waals surface area (Å²) >= 11 is 0. The number of carbonyl (C=O) groups is 1. The topological polar surface area (TPSA) is 37.3 Å². The normalized spacial score (nSPS) is 45.2. The van der Waals surface area contributed by atoms with Gasteiger partial charge in [0.15, 0.2) is 5.78 Å². The Morgan fingerprint density at radius 2 is 2.00 bits per heavy atom. The minimum absolute atomic E-state index is 0.0663. The summed E-state index contributed by atoms with van der Waals surface area (Å²) in [5, 5.41) is 9.96. The highest BCUT2D eigenvalue weighted by atomic mass is 16.3. The second-order valence-electron chi connectivity index (χ2n) is 7.86. The van der Waals surface area contributed by atoms with Crippen LogP contribution in [-0.4, -0.2) is 17.0 Å². The molecule has 3 aliphatic rings. The zero-order chi connectivity index (χ0) is 13.8. The number of aliphatic hydroxyl groups excluding tert-OH is 1. The maximum Gasteiger partial charge on any atom is 0.184 e. The van der Waals surface area contributed by atoms with E-state index in [1.807, 2.05) is 0 Å². The van der Waals surface area contributed by atoms with Crippen molar-refractivity contribution in [2.24, 2.45) is 22.7 Å². The minimum Gasteiger partial charge on any atom is -0.385 e. The minimum atomic E-state index is -0.755. The maximum absolute atomic E-state index is 11.7. The lowest BCUT2D eigenvalue weighted by Gasteiger charge is -2.59. The fourth-order valence-corrected chi connectivity index (χ4v) is 5.42. The fraction of sp³-hybridized carbons (Fsp3) is 0.824. The van der Waals surface area contributed by atoms with Crippen molar-refractivity contribution in [3.8, 4) is 0 Å². The van der Waals surface area contributed by atoms with Crippen LogP contribution in [-0.2, 0) is 4.79 Å². The van der Waals surface area contributed by atoms with E-state index in [0.29, 0.717) is 17.8 Å². The monoisotopic (exact) mass is 262 g/mol. The summed E-state index contributed by atoms with van der Waals surface area (Å²) in [5.74, 6) is 1.10. The van der Waals surface area contributed by atoms with Gasteiger partial charge in [0.2, 0.25) is 0 Å². The van der Waals surface area contributed by atoms with Gasteiger partial charge in [-0.15, -0.1) is 0 Å². The molecule has 0 aromatic carbocycles. The number of allylic oxidation sites excluding steroid dienone is 1. The number of carbonyl (C=O) groups excluding carboxylic acids is 1. The van der Waals surface area contributed by atoms with Crippen LogP contribution in [0, 0.1) is 22.7 Å². The van der Waals surface area contributed by atoms with Crippen molar-refractivity contribution in [2.45, 2.75) is 65.4 Å². The van der Waals surface area contributed by atoms with Crippen molar-refractivity contribution < 1.29 is 9.90 Å². The van der Waals surface area contributed by atoms with Gasteiger partial charge in [0.05, 0.1) is 0 Å². The lowest BCUT2D eigenvalue weighted by atomic mass is 9.46. The van der Waals surface area contributed by atoms with E-state index < -0.39 is 6.10 Å². The maximum atomic E-state index is 11.7. The molecule has 2 nitrogen and oxygen atoms in total. The standard InChI is InChI=1S/C17H26O2/c1-16(2)7-4-8-17(3)12-10-14(19)13(18)9-11(12)5-6-15(16)17/h9,12,14-15,19H,4-8,10H2,1-3H3/t12-,14-,15-,17+/m1/s1. The molecule has 0 heterocycles. The molecule has 0 aromatic rings. The van der Waals surface area contributed by atoms with E-state index in [1.54, 1.807) is 6.08 Å². The van der Waals surface area contributed by atoms with Gasteiger partial charge in [-0.1, -0.05) is 32.8 Å². The summed E-state index contributed by atoms with van der Waals surface area (Å²) < 4.78 is 0. The van der Waals surface area contributed by atoms with E-state index in [0.717, 1.165) is 12.3 Å². The highest BCUT2D eigenvalue weighted by molar-refractivity contribution is 5.95. The first-order valence-corrected chi connectivity index (χ1v) is 7.77. The van der Waals surface area contributed by atoms with Crippen molar-refractivity contribution in [3.63, 3.8) is 0 Å². The first-order valence-electron chi connectivity index (χ1n) is 7.77. The summed E-state index contributed by atoms with van der Waals surface area (Å²) in [6.07, 6.45) is 7.81. The molecule has 19 heavy (non-hydrogen) atoms. The van der Waals surface area contributed by atoms with Crippen LogP contribution >= 0.6 is 0 Å². The average molecular weight is 262 g/mol. The Hall–Kier alpha value is -0.630. The number of hydrogen-bond acceptors (Lipinski definition) is 2. The second-order valence-corrected chi connectivity index (χ2v) is 7.86. The quantitative estimate of drug-likeness (QED) is 0.725. The number of aliphatic hydroxyl groups is 1. The first-order chi connectivity index (χ1) is 8.84. The van der Waals surface area contributed by atoms with E-state index in [9.17, 15) is 9.90 Å². The van der Waals surface area contributed by atoms with Crippen LogP contribution in [0.15, 0.2) is 11.6 Å². The van der Waals surface area contributed by atoms with E-state index in [4.69, 9.17) is 0 Å². The molecule has 3 aliphatic carbocycles. The summed E-state index contributed by atoms with van der Waals surface area (Å²) in [6, 6.07) is 0. The molecule has 0 saturated heterocycles. The Bertz CT molecular complexity index is 435. The Labute approximate surface area is 116 Å². The molecule has 0 spiro atoms. The molecular weight excluding hydrogens is 236 g/mol. The van der Waals surface area contributed by atoms with Crippen molar-refractivity contribution in [2.75, 3.05) is 0 Å². The zero-order valence-electron chi connectivity index (χ0n) is 12.4. The molecule has 4 atom stereocenters. The lowest BCUT2D eigenvalue weighted by molar-refractivity contribution is -0.127. The molecule has 0 aromatic heterocycles. The third kappa shape index (κ3) is 1.91. The van der Waals surface area contributed by atoms with Crippen molar-refractivity contribution in [3.05, 3.63) is 11.6 Å². The van der Waals surface area contributed by atoms with Crippen LogP contribution in [0.5, 0.6) is 0 Å². The van der Waals surface area contributed by atoms with Gasteiger partial charge in [-0.2, -0.15) is 0 Å². The SMILES string of the molecule is CC1(C)CCC[C@@]2(C)[C@@H]3C[C@@H](O)C(=O)C=C3CC[C@H]12. The molecule has 0 bridgehead atoms. The van der Waals surface area contributed by atoms with Gasteiger partial charge in [-0.25, -0.2) is 0 Å². The highest BCUT2D eigenvalue weighted by Crippen LogP contribution is 2.62. The molecule has 2 heteroatoms. The lowest BCUT2D eigenvalue weighted by Crippen LogP contribution is -2.51. The van der Waals surface area contributed by atoms with Gasteiger partial charge in [0.1, 0.15) is 6.10 Å². The van der Waals surface area contributed by atoms with Gasteiger partial charge >= 0.3 is 0 Å². The van der Waals surface area contributed by atoms with E-state index in [1.165, 1.54) is 31.3 Å². The van der Waals surface area contributed by atoms with Gasteiger partial charge in [-0.3, -0.25) is 4.79 Å². The Balaban J connectivity index is 1.99. The van der Waals surface area contributed by atoms with Crippen LogP contribution in [0.4, 0.5) is 0 Å². The van der Waals surface area contributed by atoms with Crippen LogP contribution in [0.2, 0.25) is 0 Å². The van der Waals surface area contributed by atoms with Gasteiger partial charge in [0.25, 0.3) is 0 Å². The highest BCUT2D eigenvalue weighted by Gasteiger charge is 2.54. The van der Waals surface area contributed by atoms with E-state index >= 15 is 0 Å². The van der Waals surface area contributed by atoms with Crippen molar-refractivity contribution in [1.82, 2.24) is 0 Å². The third-order valence-electron chi connectivity index (χ3n) is 6.36. The summed E-state index contributed by atoms with van der Waals surface area (Å²) in [5.41, 5.74) is 2.02. The molecule has 0 unspecified atom stereocenters. The summed E-state index contributed by atoms with van der Waals surface area (Å²) in [7, 11) is 0. The molecule has 3 rings (SSSR count). The van der Waals surface area contributed by atoms with Gasteiger partial charge in [0, 0.05) is 0 Å². The summed E-state index contributed by atoms with van der Waals surface area (Å²) in [6.45, 7) is 7.24. The molecule has 0 amide bonds. The van der Waals surface area contributed by atoms with E-state index in [-0.39, 0.29) is 11.2 Å². The Morgan fingerprint density at radius 1 is 1.26 bits per heavy atom. The average Bonchev–Trinajstić information content (AvgIpc) is 2.30. The van der Waals surface area contributed by atoms with E-state index in [2.05, 4.69) is 20.8 Å². The molecule has 1 N–H and O–H groups in total. The molecule has 0 aliphatic heterocycles. The fourth-order valence-electron chi connectivity index (χ4n) is 5.42. The number of fused-ring (bicyclic) bond motifs is 3. The van der Waals surface area contributed by atoms with Crippen LogP contribution in [0.1, 0.15) is 59.3 Å². The number of hydrogen-bond donors (Lipinski definition) is 1. The summed E-state index contributed by atoms with van der Waals surface area (Å²) in [4.78, 5) is 11.7. The molecular formula is C17H26O2. The smallest absolute Gasteiger partial charge is 0.184 e. The first kappa shape index (κ1) is 13.4. The van der Waals surface area contributed by atoms with Crippen LogP contribution in [0.25, 0.3) is 0 Å². The predicted molar refractivity (Wildman–Crippen MR) is 75.7 cm³/mol. The number of ketones is 1. The largest absolute Gasteiger partial charge is 0.385 e. The van der Waals surface area contributed by atoms with Crippen LogP contribution < -0.4 is 0 Å². The molecule has 2 fully saturated rings. The van der Waals surface area contributed by atoms with Crippen molar-refractivity contribution >= 4 is 5.78 Å². The molecule has 106 valence electrons. The zero-order valence-corrected chi connectivity index (χ0v) is 12.4. The molecule has 2 saturated carbocycles. The molecule has 0 radical (unpaired) electrons. The van der Waals surface area contributed by atoms with Crippen molar-refractivity contribution in [1.29, 1.82) is 0 Å². The third-order valence-corrected chi connectivity index (χ3v) is 6.36. The Morgan fingerprint density at radius 3 is 2.74 bits per heavy atom. The Kier molecular flexibility index (Phi) is 2.94. The second kappa shape index (κ2) is 4.18. The van der Waals surface area contributed by atoms with Crippen LogP contribution in [0.3, 0.4) is 0 Å². The van der Waals surface area contributed by atoms with Gasteiger partial charge < -0.3 is 5.11 Å². The predicted octanol–water partition coefficient (Wildman–Crippen LogP) is 3.49.